The standard InChI is InChI=1S/C16H23N5O2/c1-11-6-7-12(18-15(22)23-16(2,3)4)8-14(11)17-9-13-10-21(5)20-19-13/h6-8,10,17H,9H2,1-5H3,(H,18,22). The van der Waals surface area contributed by atoms with Crippen LogP contribution in [0.15, 0.2) is 24.4 Å². The van der Waals surface area contributed by atoms with Gasteiger partial charge in [-0.25, -0.2) is 4.79 Å². The van der Waals surface area contributed by atoms with Crippen LogP contribution in [0.1, 0.15) is 32.0 Å². The highest BCUT2D eigenvalue weighted by molar-refractivity contribution is 5.85. The Bertz CT molecular complexity index is 688. The van der Waals surface area contributed by atoms with Crippen molar-refractivity contribution in [2.75, 3.05) is 10.6 Å². The number of anilines is 2. The molecule has 0 fully saturated rings. The Morgan fingerprint density at radius 3 is 2.70 bits per heavy atom. The van der Waals surface area contributed by atoms with E-state index < -0.39 is 11.7 Å². The van der Waals surface area contributed by atoms with Crippen LogP contribution in [-0.2, 0) is 18.3 Å². The lowest BCUT2D eigenvalue weighted by atomic mass is 10.1. The highest BCUT2D eigenvalue weighted by Gasteiger charge is 2.16. The molecule has 0 atom stereocenters. The van der Waals surface area contributed by atoms with Gasteiger partial charge in [0.2, 0.25) is 0 Å². The normalized spacial score (nSPS) is 11.2. The summed E-state index contributed by atoms with van der Waals surface area (Å²) in [6, 6.07) is 5.65. The smallest absolute Gasteiger partial charge is 0.412 e. The van der Waals surface area contributed by atoms with Crippen molar-refractivity contribution >= 4 is 17.5 Å². The average molecular weight is 317 g/mol. The number of carbonyl (C=O) groups excluding carboxylic acids is 1. The van der Waals surface area contributed by atoms with Crippen LogP contribution >= 0.6 is 0 Å². The Morgan fingerprint density at radius 2 is 2.09 bits per heavy atom. The van der Waals surface area contributed by atoms with Crippen molar-refractivity contribution in [3.8, 4) is 0 Å². The molecule has 1 heterocycles. The van der Waals surface area contributed by atoms with Crippen LogP contribution in [0.2, 0.25) is 0 Å². The number of ether oxygens (including phenoxy) is 1. The number of amides is 1. The molecule has 0 aliphatic rings. The van der Waals surface area contributed by atoms with Crippen molar-refractivity contribution in [1.82, 2.24) is 15.0 Å². The van der Waals surface area contributed by atoms with Crippen LogP contribution in [-0.4, -0.2) is 26.7 Å². The van der Waals surface area contributed by atoms with Gasteiger partial charge in [0.15, 0.2) is 0 Å². The van der Waals surface area contributed by atoms with Crippen molar-refractivity contribution in [1.29, 1.82) is 0 Å². The summed E-state index contributed by atoms with van der Waals surface area (Å²) in [7, 11) is 1.83. The maximum Gasteiger partial charge on any atom is 0.412 e. The van der Waals surface area contributed by atoms with Crippen LogP contribution in [0.4, 0.5) is 16.2 Å². The zero-order valence-corrected chi connectivity index (χ0v) is 14.2. The van der Waals surface area contributed by atoms with Gasteiger partial charge in [-0.2, -0.15) is 0 Å². The molecule has 1 amide bonds. The molecule has 0 bridgehead atoms. The van der Waals surface area contributed by atoms with Crippen LogP contribution in [0, 0.1) is 6.92 Å². The van der Waals surface area contributed by atoms with E-state index in [0.717, 1.165) is 16.9 Å². The lowest BCUT2D eigenvalue weighted by Gasteiger charge is -2.20. The third-order valence-corrected chi connectivity index (χ3v) is 2.99. The molecule has 0 unspecified atom stereocenters. The molecule has 2 rings (SSSR count). The fourth-order valence-corrected chi connectivity index (χ4v) is 1.97. The average Bonchev–Trinajstić information content (AvgIpc) is 2.83. The first-order valence-corrected chi connectivity index (χ1v) is 7.43. The van der Waals surface area contributed by atoms with E-state index in [1.807, 2.05) is 59.1 Å². The lowest BCUT2D eigenvalue weighted by Crippen LogP contribution is -2.27. The van der Waals surface area contributed by atoms with Gasteiger partial charge in [0.05, 0.1) is 6.54 Å². The number of rotatable bonds is 4. The quantitative estimate of drug-likeness (QED) is 0.905. The molecular weight excluding hydrogens is 294 g/mol. The van der Waals surface area contributed by atoms with Gasteiger partial charge in [-0.1, -0.05) is 11.3 Å². The number of hydrogen-bond acceptors (Lipinski definition) is 5. The molecule has 0 spiro atoms. The molecule has 0 aliphatic carbocycles. The number of benzene rings is 1. The van der Waals surface area contributed by atoms with Gasteiger partial charge >= 0.3 is 6.09 Å². The third-order valence-electron chi connectivity index (χ3n) is 2.99. The van der Waals surface area contributed by atoms with Gasteiger partial charge < -0.3 is 10.1 Å². The summed E-state index contributed by atoms with van der Waals surface area (Å²) in [5.74, 6) is 0. The zero-order valence-electron chi connectivity index (χ0n) is 14.2. The highest BCUT2D eigenvalue weighted by Crippen LogP contribution is 2.21. The van der Waals surface area contributed by atoms with E-state index in [1.165, 1.54) is 0 Å². The summed E-state index contributed by atoms with van der Waals surface area (Å²) < 4.78 is 6.91. The second-order valence-corrected chi connectivity index (χ2v) is 6.39. The van der Waals surface area contributed by atoms with E-state index >= 15 is 0 Å². The van der Waals surface area contributed by atoms with Crippen molar-refractivity contribution in [2.45, 2.75) is 39.8 Å². The van der Waals surface area contributed by atoms with Crippen LogP contribution in [0.3, 0.4) is 0 Å². The largest absolute Gasteiger partial charge is 0.444 e. The summed E-state index contributed by atoms with van der Waals surface area (Å²) in [4.78, 5) is 11.8. The predicted octanol–water partition coefficient (Wildman–Crippen LogP) is 3.08. The SMILES string of the molecule is Cc1ccc(NC(=O)OC(C)(C)C)cc1NCc1cn(C)nn1. The van der Waals surface area contributed by atoms with Crippen LogP contribution in [0.25, 0.3) is 0 Å². The second kappa shape index (κ2) is 6.68. The zero-order chi connectivity index (χ0) is 17.0. The molecule has 2 N–H and O–H groups in total. The maximum absolute atomic E-state index is 11.8. The minimum Gasteiger partial charge on any atom is -0.444 e. The molecule has 1 aromatic carbocycles. The third kappa shape index (κ3) is 5.28. The number of carbonyl (C=O) groups is 1. The van der Waals surface area contributed by atoms with Gasteiger partial charge in [-0.05, 0) is 45.4 Å². The predicted molar refractivity (Wildman–Crippen MR) is 89.4 cm³/mol. The summed E-state index contributed by atoms with van der Waals surface area (Å²) in [6.45, 7) is 8.04. The molecule has 0 saturated heterocycles. The number of nitrogens with one attached hydrogen (secondary N) is 2. The molecular formula is C16H23N5O2. The Balaban J connectivity index is 2.02. The Morgan fingerprint density at radius 1 is 1.35 bits per heavy atom. The first kappa shape index (κ1) is 16.8. The molecule has 7 nitrogen and oxygen atoms in total. The summed E-state index contributed by atoms with van der Waals surface area (Å²) in [5, 5.41) is 14.0. The molecule has 124 valence electrons. The molecule has 0 radical (unpaired) electrons. The second-order valence-electron chi connectivity index (χ2n) is 6.39. The Kier molecular flexibility index (Phi) is 4.88. The van der Waals surface area contributed by atoms with Crippen molar-refractivity contribution in [3.05, 3.63) is 35.7 Å². The van der Waals surface area contributed by atoms with E-state index in [0.29, 0.717) is 12.2 Å². The van der Waals surface area contributed by atoms with Crippen molar-refractivity contribution in [3.63, 3.8) is 0 Å². The van der Waals surface area contributed by atoms with E-state index in [9.17, 15) is 4.79 Å². The van der Waals surface area contributed by atoms with Gasteiger partial charge in [-0.15, -0.1) is 5.10 Å². The van der Waals surface area contributed by atoms with Crippen LogP contribution in [0.5, 0.6) is 0 Å². The van der Waals surface area contributed by atoms with Crippen LogP contribution < -0.4 is 10.6 Å². The van der Waals surface area contributed by atoms with Gasteiger partial charge in [0.25, 0.3) is 0 Å². The number of aryl methyl sites for hydroxylation is 2. The Hall–Kier alpha value is -2.57. The molecule has 1 aromatic heterocycles. The first-order valence-electron chi connectivity index (χ1n) is 7.43. The van der Waals surface area contributed by atoms with Crippen molar-refractivity contribution in [2.24, 2.45) is 7.05 Å². The Labute approximate surface area is 136 Å². The molecule has 0 aliphatic heterocycles. The van der Waals surface area contributed by atoms with Gasteiger partial charge in [0, 0.05) is 24.6 Å². The fourth-order valence-electron chi connectivity index (χ4n) is 1.97. The van der Waals surface area contributed by atoms with E-state index in [1.54, 1.807) is 4.68 Å². The maximum atomic E-state index is 11.8. The fraction of sp³-hybridized carbons (Fsp3) is 0.438. The number of hydrogen-bond donors (Lipinski definition) is 2. The summed E-state index contributed by atoms with van der Waals surface area (Å²) in [5.41, 5.74) is 2.98. The topological polar surface area (TPSA) is 81.1 Å². The van der Waals surface area contributed by atoms with Gasteiger partial charge in [-0.3, -0.25) is 10.00 Å². The first-order chi connectivity index (χ1) is 10.7. The van der Waals surface area contributed by atoms with Gasteiger partial charge in [0.1, 0.15) is 11.3 Å². The molecule has 7 heteroatoms. The van der Waals surface area contributed by atoms with E-state index in [2.05, 4.69) is 20.9 Å². The van der Waals surface area contributed by atoms with Crippen molar-refractivity contribution < 1.29 is 9.53 Å². The molecule has 23 heavy (non-hydrogen) atoms. The van der Waals surface area contributed by atoms with E-state index in [-0.39, 0.29) is 0 Å². The number of nitrogens with zero attached hydrogens (tertiary/aromatic N) is 3. The molecule has 2 aromatic rings. The minimum absolute atomic E-state index is 0.471. The number of aromatic nitrogens is 3. The lowest BCUT2D eigenvalue weighted by molar-refractivity contribution is 0.0636. The monoisotopic (exact) mass is 317 g/mol. The minimum atomic E-state index is -0.526. The van der Waals surface area contributed by atoms with E-state index in [4.69, 9.17) is 4.74 Å². The summed E-state index contributed by atoms with van der Waals surface area (Å²) >= 11 is 0. The molecule has 0 saturated carbocycles. The summed E-state index contributed by atoms with van der Waals surface area (Å²) in [6.07, 6.45) is 1.38. The highest BCUT2D eigenvalue weighted by atomic mass is 16.6.